The van der Waals surface area contributed by atoms with Crippen LogP contribution in [0.3, 0.4) is 0 Å². The normalized spacial score (nSPS) is 19.4. The first-order valence-electron chi connectivity index (χ1n) is 11.4. The third kappa shape index (κ3) is 5.37. The number of hydrogen-bond acceptors (Lipinski definition) is 5. The van der Waals surface area contributed by atoms with Gasteiger partial charge in [-0.1, -0.05) is 30.7 Å². The second kappa shape index (κ2) is 9.40. The molecule has 168 valence electrons. The van der Waals surface area contributed by atoms with Crippen molar-refractivity contribution in [3.63, 3.8) is 0 Å². The average Bonchev–Trinajstić information content (AvgIpc) is 3.67. The van der Waals surface area contributed by atoms with E-state index in [9.17, 15) is 4.79 Å². The van der Waals surface area contributed by atoms with Crippen LogP contribution in [-0.4, -0.2) is 39.2 Å². The van der Waals surface area contributed by atoms with Gasteiger partial charge in [-0.3, -0.25) is 10.3 Å². The SMILES string of the molecule is CC1CN(C(=O)Nc2cccnn2)CC/C1=C\c1cccc(Oc2ccc(C3CC3)nc2)c1. The highest BCUT2D eigenvalue weighted by atomic mass is 16.5. The number of ether oxygens (including phenoxy) is 1. The molecule has 1 saturated carbocycles. The van der Waals surface area contributed by atoms with E-state index >= 15 is 0 Å². The van der Waals surface area contributed by atoms with Crippen molar-refractivity contribution in [3.8, 4) is 11.5 Å². The molecule has 7 heteroatoms. The summed E-state index contributed by atoms with van der Waals surface area (Å²) >= 11 is 0. The lowest BCUT2D eigenvalue weighted by Gasteiger charge is -2.33. The summed E-state index contributed by atoms with van der Waals surface area (Å²) in [7, 11) is 0. The van der Waals surface area contributed by atoms with Crippen molar-refractivity contribution < 1.29 is 9.53 Å². The van der Waals surface area contributed by atoms with E-state index in [1.807, 2.05) is 35.4 Å². The van der Waals surface area contributed by atoms with E-state index in [-0.39, 0.29) is 11.9 Å². The van der Waals surface area contributed by atoms with Crippen LogP contribution in [0.1, 0.15) is 43.4 Å². The summed E-state index contributed by atoms with van der Waals surface area (Å²) in [6.45, 7) is 3.48. The van der Waals surface area contributed by atoms with Gasteiger partial charge in [0.2, 0.25) is 0 Å². The van der Waals surface area contributed by atoms with Crippen molar-refractivity contribution in [2.75, 3.05) is 18.4 Å². The maximum Gasteiger partial charge on any atom is 0.323 e. The fourth-order valence-corrected chi connectivity index (χ4v) is 4.10. The Balaban J connectivity index is 1.21. The van der Waals surface area contributed by atoms with Crippen LogP contribution in [0.2, 0.25) is 0 Å². The summed E-state index contributed by atoms with van der Waals surface area (Å²) in [6, 6.07) is 15.5. The Labute approximate surface area is 193 Å². The predicted molar refractivity (Wildman–Crippen MR) is 127 cm³/mol. The molecule has 0 radical (unpaired) electrons. The zero-order valence-electron chi connectivity index (χ0n) is 18.6. The highest BCUT2D eigenvalue weighted by molar-refractivity contribution is 5.88. The third-order valence-corrected chi connectivity index (χ3v) is 6.09. The number of rotatable bonds is 5. The molecule has 2 amide bonds. The lowest BCUT2D eigenvalue weighted by atomic mass is 9.91. The van der Waals surface area contributed by atoms with E-state index in [0.717, 1.165) is 29.2 Å². The zero-order valence-corrected chi connectivity index (χ0v) is 18.6. The number of urea groups is 1. The molecule has 2 aliphatic rings. The van der Waals surface area contributed by atoms with Gasteiger partial charge in [0.15, 0.2) is 5.82 Å². The number of nitrogens with zero attached hydrogens (tertiary/aromatic N) is 4. The molecule has 1 aliphatic carbocycles. The van der Waals surface area contributed by atoms with Crippen LogP contribution in [0.15, 0.2) is 66.5 Å². The van der Waals surface area contributed by atoms with Crippen LogP contribution >= 0.6 is 0 Å². The van der Waals surface area contributed by atoms with E-state index in [1.54, 1.807) is 18.3 Å². The maximum atomic E-state index is 12.6. The van der Waals surface area contributed by atoms with Gasteiger partial charge in [0.1, 0.15) is 11.5 Å². The number of anilines is 1. The van der Waals surface area contributed by atoms with Gasteiger partial charge in [0.25, 0.3) is 0 Å². The van der Waals surface area contributed by atoms with Gasteiger partial charge >= 0.3 is 6.03 Å². The van der Waals surface area contributed by atoms with Crippen LogP contribution < -0.4 is 10.1 Å². The Morgan fingerprint density at radius 3 is 2.79 bits per heavy atom. The third-order valence-electron chi connectivity index (χ3n) is 6.09. The quantitative estimate of drug-likeness (QED) is 0.566. The van der Waals surface area contributed by atoms with Crippen LogP contribution in [-0.2, 0) is 0 Å². The maximum absolute atomic E-state index is 12.6. The van der Waals surface area contributed by atoms with Crippen molar-refractivity contribution in [1.29, 1.82) is 0 Å². The minimum absolute atomic E-state index is 0.141. The number of hydrogen-bond donors (Lipinski definition) is 1. The van der Waals surface area contributed by atoms with E-state index < -0.39 is 0 Å². The van der Waals surface area contributed by atoms with E-state index in [0.29, 0.717) is 24.8 Å². The topological polar surface area (TPSA) is 80.2 Å². The molecule has 1 saturated heterocycles. The molecule has 1 aromatic carbocycles. The minimum Gasteiger partial charge on any atom is -0.456 e. The molecule has 2 fully saturated rings. The number of carbonyl (C=O) groups is 1. The van der Waals surface area contributed by atoms with Crippen molar-refractivity contribution in [2.45, 2.75) is 32.1 Å². The van der Waals surface area contributed by atoms with E-state index in [2.05, 4.69) is 45.6 Å². The highest BCUT2D eigenvalue weighted by Gasteiger charge is 2.25. The fraction of sp³-hybridized carbons (Fsp3) is 0.308. The second-order valence-electron chi connectivity index (χ2n) is 8.72. The largest absolute Gasteiger partial charge is 0.456 e. The molecule has 2 aromatic heterocycles. The Bertz CT molecular complexity index is 1140. The molecule has 1 aliphatic heterocycles. The first-order valence-corrected chi connectivity index (χ1v) is 11.4. The van der Waals surface area contributed by atoms with E-state index in [1.165, 1.54) is 18.4 Å². The summed E-state index contributed by atoms with van der Waals surface area (Å²) in [5.41, 5.74) is 3.58. The molecule has 3 heterocycles. The smallest absolute Gasteiger partial charge is 0.323 e. The summed E-state index contributed by atoms with van der Waals surface area (Å²) in [6.07, 6.45) is 8.91. The monoisotopic (exact) mass is 441 g/mol. The Morgan fingerprint density at radius 1 is 1.15 bits per heavy atom. The van der Waals surface area contributed by atoms with Gasteiger partial charge in [-0.2, -0.15) is 5.10 Å². The van der Waals surface area contributed by atoms with Crippen molar-refractivity contribution in [1.82, 2.24) is 20.1 Å². The zero-order chi connectivity index (χ0) is 22.6. The number of carbonyl (C=O) groups excluding carboxylic acids is 1. The Kier molecular flexibility index (Phi) is 6.02. The number of pyridine rings is 1. The molecule has 3 aromatic rings. The molecular formula is C26H27N5O2. The summed E-state index contributed by atoms with van der Waals surface area (Å²) in [5.74, 6) is 2.90. The molecule has 7 nitrogen and oxygen atoms in total. The standard InChI is InChI=1S/C26H27N5O2/c1-18-17-31(26(32)29-25-6-3-12-28-30-25)13-11-21(18)14-19-4-2-5-22(15-19)33-23-9-10-24(27-16-23)20-7-8-20/h2-6,9-10,12,14-16,18,20H,7-8,11,13,17H2,1H3,(H,29,30,32)/b21-14+. The summed E-state index contributed by atoms with van der Waals surface area (Å²) < 4.78 is 6.03. The minimum atomic E-state index is -0.141. The molecule has 33 heavy (non-hydrogen) atoms. The number of amides is 2. The summed E-state index contributed by atoms with van der Waals surface area (Å²) in [4.78, 5) is 18.9. The molecule has 1 N–H and O–H groups in total. The van der Waals surface area contributed by atoms with Crippen molar-refractivity contribution >= 4 is 17.9 Å². The van der Waals surface area contributed by atoms with Gasteiger partial charge < -0.3 is 9.64 Å². The number of aromatic nitrogens is 3. The van der Waals surface area contributed by atoms with Crippen molar-refractivity contribution in [3.05, 3.63) is 77.8 Å². The molecule has 5 rings (SSSR count). The lowest BCUT2D eigenvalue weighted by Crippen LogP contribution is -2.42. The van der Waals surface area contributed by atoms with Crippen LogP contribution in [0.5, 0.6) is 11.5 Å². The number of likely N-dealkylation sites (tertiary alicyclic amines) is 1. The molecule has 0 bridgehead atoms. The predicted octanol–water partition coefficient (Wildman–Crippen LogP) is 5.50. The van der Waals surface area contributed by atoms with Crippen LogP contribution in [0.25, 0.3) is 6.08 Å². The van der Waals surface area contributed by atoms with Gasteiger partial charge in [-0.05, 0) is 67.1 Å². The van der Waals surface area contributed by atoms with Gasteiger partial charge in [-0.15, -0.1) is 5.10 Å². The van der Waals surface area contributed by atoms with Crippen molar-refractivity contribution in [2.24, 2.45) is 5.92 Å². The molecule has 0 spiro atoms. The van der Waals surface area contributed by atoms with Gasteiger partial charge in [-0.25, -0.2) is 4.79 Å². The first kappa shape index (κ1) is 21.1. The van der Waals surface area contributed by atoms with Crippen LogP contribution in [0, 0.1) is 5.92 Å². The Hall–Kier alpha value is -3.74. The Morgan fingerprint density at radius 2 is 2.06 bits per heavy atom. The highest BCUT2D eigenvalue weighted by Crippen LogP contribution is 2.39. The number of nitrogens with one attached hydrogen (secondary N) is 1. The summed E-state index contributed by atoms with van der Waals surface area (Å²) in [5, 5.41) is 10.5. The molecule has 1 atom stereocenters. The number of benzene rings is 1. The van der Waals surface area contributed by atoms with Gasteiger partial charge in [0.05, 0.1) is 6.20 Å². The van der Waals surface area contributed by atoms with E-state index in [4.69, 9.17) is 4.74 Å². The number of piperidine rings is 1. The van der Waals surface area contributed by atoms with Gasteiger partial charge in [0, 0.05) is 30.9 Å². The lowest BCUT2D eigenvalue weighted by molar-refractivity contribution is 0.197. The molecule has 1 unspecified atom stereocenters. The fourth-order valence-electron chi connectivity index (χ4n) is 4.10. The first-order chi connectivity index (χ1) is 16.1. The van der Waals surface area contributed by atoms with Crippen LogP contribution in [0.4, 0.5) is 10.6 Å². The molecular weight excluding hydrogens is 414 g/mol. The second-order valence-corrected chi connectivity index (χ2v) is 8.72. The average molecular weight is 442 g/mol.